The van der Waals surface area contributed by atoms with Gasteiger partial charge in [-0.25, -0.2) is 4.39 Å². The van der Waals surface area contributed by atoms with Crippen LogP contribution in [-0.2, 0) is 0 Å². The van der Waals surface area contributed by atoms with Crippen molar-refractivity contribution in [2.75, 3.05) is 0 Å². The summed E-state index contributed by atoms with van der Waals surface area (Å²) >= 11 is 0. The van der Waals surface area contributed by atoms with Gasteiger partial charge in [0, 0.05) is 6.07 Å². The summed E-state index contributed by atoms with van der Waals surface area (Å²) in [4.78, 5) is 0. The summed E-state index contributed by atoms with van der Waals surface area (Å²) in [6.45, 7) is 4.44. The number of halogens is 1. The van der Waals surface area contributed by atoms with Crippen molar-refractivity contribution in [1.29, 1.82) is 0 Å². The van der Waals surface area contributed by atoms with Gasteiger partial charge < -0.3 is 4.74 Å². The van der Waals surface area contributed by atoms with E-state index in [0.717, 1.165) is 12.3 Å². The van der Waals surface area contributed by atoms with Crippen LogP contribution in [0.3, 0.4) is 0 Å². The predicted molar refractivity (Wildman–Crippen MR) is 81.5 cm³/mol. The zero-order valence-electron chi connectivity index (χ0n) is 12.8. The Morgan fingerprint density at radius 2 is 1.95 bits per heavy atom. The van der Waals surface area contributed by atoms with Crippen molar-refractivity contribution in [3.8, 4) is 5.75 Å². The minimum Gasteiger partial charge on any atom is -0.490 e. The average molecular weight is 278 g/mol. The Morgan fingerprint density at radius 1 is 1.20 bits per heavy atom. The molecule has 1 aromatic carbocycles. The first-order valence-electron chi connectivity index (χ1n) is 8.15. The molecule has 0 aliphatic heterocycles. The molecular formula is C18H27FO. The maximum absolute atomic E-state index is 13.2. The van der Waals surface area contributed by atoms with Crippen molar-refractivity contribution in [3.05, 3.63) is 30.1 Å². The van der Waals surface area contributed by atoms with Gasteiger partial charge in [0.25, 0.3) is 0 Å². The molecule has 2 rings (SSSR count). The molecule has 0 amide bonds. The molecule has 1 saturated carbocycles. The monoisotopic (exact) mass is 278 g/mol. The second-order valence-electron chi connectivity index (χ2n) is 6.09. The fraction of sp³-hybridized carbons (Fsp3) is 0.667. The molecule has 0 saturated heterocycles. The van der Waals surface area contributed by atoms with E-state index in [2.05, 4.69) is 13.8 Å². The zero-order chi connectivity index (χ0) is 14.4. The lowest BCUT2D eigenvalue weighted by Crippen LogP contribution is -2.30. The van der Waals surface area contributed by atoms with E-state index in [1.165, 1.54) is 50.7 Å². The van der Waals surface area contributed by atoms with Crippen molar-refractivity contribution in [2.45, 2.75) is 64.9 Å². The van der Waals surface area contributed by atoms with Crippen LogP contribution in [0.2, 0.25) is 0 Å². The van der Waals surface area contributed by atoms with Crippen LogP contribution in [0.1, 0.15) is 58.8 Å². The molecule has 1 aliphatic rings. The Labute approximate surface area is 122 Å². The van der Waals surface area contributed by atoms with E-state index >= 15 is 0 Å². The molecule has 0 spiro atoms. The summed E-state index contributed by atoms with van der Waals surface area (Å²) < 4.78 is 19.3. The van der Waals surface area contributed by atoms with Gasteiger partial charge in [0.15, 0.2) is 0 Å². The normalized spacial score (nSPS) is 24.4. The van der Waals surface area contributed by atoms with Gasteiger partial charge in [-0.1, -0.05) is 45.6 Å². The molecule has 1 fully saturated rings. The Balaban J connectivity index is 1.89. The first-order valence-corrected chi connectivity index (χ1v) is 8.15. The maximum atomic E-state index is 13.2. The van der Waals surface area contributed by atoms with E-state index in [1.54, 1.807) is 6.07 Å². The summed E-state index contributed by atoms with van der Waals surface area (Å²) in [5.74, 6) is 2.01. The van der Waals surface area contributed by atoms with Crippen molar-refractivity contribution in [3.63, 3.8) is 0 Å². The van der Waals surface area contributed by atoms with Crippen LogP contribution in [0.15, 0.2) is 24.3 Å². The molecule has 2 heteroatoms. The van der Waals surface area contributed by atoms with Crippen molar-refractivity contribution >= 4 is 0 Å². The molecule has 0 heterocycles. The number of hydrogen-bond acceptors (Lipinski definition) is 1. The van der Waals surface area contributed by atoms with Gasteiger partial charge >= 0.3 is 0 Å². The lowest BCUT2D eigenvalue weighted by molar-refractivity contribution is 0.0896. The summed E-state index contributed by atoms with van der Waals surface area (Å²) in [6.07, 6.45) is 9.10. The second kappa shape index (κ2) is 7.66. The van der Waals surface area contributed by atoms with Gasteiger partial charge in [0.1, 0.15) is 17.7 Å². The largest absolute Gasteiger partial charge is 0.490 e. The van der Waals surface area contributed by atoms with E-state index in [-0.39, 0.29) is 11.9 Å². The lowest BCUT2D eigenvalue weighted by Gasteiger charge is -2.33. The van der Waals surface area contributed by atoms with Gasteiger partial charge in [0.05, 0.1) is 0 Å². The van der Waals surface area contributed by atoms with E-state index in [9.17, 15) is 4.39 Å². The SMILES string of the molecule is CCC[C@H]1CC[C@H](C(CC)Oc2cccc(F)c2)CC1. The van der Waals surface area contributed by atoms with Crippen LogP contribution in [0, 0.1) is 17.7 Å². The highest BCUT2D eigenvalue weighted by Crippen LogP contribution is 2.35. The van der Waals surface area contributed by atoms with Gasteiger partial charge in [-0.05, 0) is 43.2 Å². The van der Waals surface area contributed by atoms with Gasteiger partial charge in [-0.3, -0.25) is 0 Å². The third kappa shape index (κ3) is 4.22. The van der Waals surface area contributed by atoms with Gasteiger partial charge in [-0.2, -0.15) is 0 Å². The number of hydrogen-bond donors (Lipinski definition) is 0. The Hall–Kier alpha value is -1.05. The van der Waals surface area contributed by atoms with Gasteiger partial charge in [-0.15, -0.1) is 0 Å². The van der Waals surface area contributed by atoms with Crippen LogP contribution in [-0.4, -0.2) is 6.10 Å². The maximum Gasteiger partial charge on any atom is 0.126 e. The number of rotatable bonds is 6. The molecule has 0 radical (unpaired) electrons. The van der Waals surface area contributed by atoms with E-state index in [0.29, 0.717) is 11.7 Å². The predicted octanol–water partition coefficient (Wildman–Crippen LogP) is 5.59. The first kappa shape index (κ1) is 15.3. The summed E-state index contributed by atoms with van der Waals surface area (Å²) in [5.41, 5.74) is 0. The fourth-order valence-corrected chi connectivity index (χ4v) is 3.48. The average Bonchev–Trinajstić information content (AvgIpc) is 2.46. The lowest BCUT2D eigenvalue weighted by atomic mass is 9.77. The van der Waals surface area contributed by atoms with E-state index in [4.69, 9.17) is 4.74 Å². The van der Waals surface area contributed by atoms with Crippen molar-refractivity contribution in [1.82, 2.24) is 0 Å². The molecule has 1 nitrogen and oxygen atoms in total. The molecule has 0 aromatic heterocycles. The fourth-order valence-electron chi connectivity index (χ4n) is 3.48. The molecule has 1 unspecified atom stereocenters. The number of ether oxygens (including phenoxy) is 1. The quantitative estimate of drug-likeness (QED) is 0.659. The molecule has 1 atom stereocenters. The topological polar surface area (TPSA) is 9.23 Å². The molecule has 112 valence electrons. The zero-order valence-corrected chi connectivity index (χ0v) is 12.8. The van der Waals surface area contributed by atoms with Crippen molar-refractivity contribution in [2.24, 2.45) is 11.8 Å². The highest BCUT2D eigenvalue weighted by molar-refractivity contribution is 5.22. The molecule has 20 heavy (non-hydrogen) atoms. The third-order valence-corrected chi connectivity index (χ3v) is 4.60. The molecule has 1 aromatic rings. The van der Waals surface area contributed by atoms with Crippen LogP contribution in [0.25, 0.3) is 0 Å². The molecule has 0 N–H and O–H groups in total. The Bertz CT molecular complexity index is 396. The Kier molecular flexibility index (Phi) is 5.87. The molecule has 0 bridgehead atoms. The van der Waals surface area contributed by atoms with E-state index < -0.39 is 0 Å². The number of benzene rings is 1. The minimum atomic E-state index is -0.219. The molecular weight excluding hydrogens is 251 g/mol. The summed E-state index contributed by atoms with van der Waals surface area (Å²) in [5, 5.41) is 0. The minimum absolute atomic E-state index is 0.219. The highest BCUT2D eigenvalue weighted by Gasteiger charge is 2.27. The first-order chi connectivity index (χ1) is 9.72. The summed E-state index contributed by atoms with van der Waals surface area (Å²) in [7, 11) is 0. The van der Waals surface area contributed by atoms with Crippen LogP contribution in [0.4, 0.5) is 4.39 Å². The van der Waals surface area contributed by atoms with Crippen LogP contribution in [0.5, 0.6) is 5.75 Å². The Morgan fingerprint density at radius 3 is 2.55 bits per heavy atom. The van der Waals surface area contributed by atoms with Crippen molar-refractivity contribution < 1.29 is 9.13 Å². The summed E-state index contributed by atoms with van der Waals surface area (Å²) in [6, 6.07) is 6.53. The molecule has 1 aliphatic carbocycles. The second-order valence-corrected chi connectivity index (χ2v) is 6.09. The van der Waals surface area contributed by atoms with Gasteiger partial charge in [0.2, 0.25) is 0 Å². The standard InChI is InChI=1S/C18H27FO/c1-3-6-14-9-11-15(12-10-14)18(4-2)20-17-8-5-7-16(19)13-17/h5,7-8,13-15,18H,3-4,6,9-12H2,1-2H3/t14-,15-,18?. The van der Waals surface area contributed by atoms with Crippen LogP contribution >= 0.6 is 0 Å². The third-order valence-electron chi connectivity index (χ3n) is 4.60. The smallest absolute Gasteiger partial charge is 0.126 e. The van der Waals surface area contributed by atoms with E-state index in [1.807, 2.05) is 6.07 Å². The van der Waals surface area contributed by atoms with Crippen LogP contribution < -0.4 is 4.74 Å². The highest BCUT2D eigenvalue weighted by atomic mass is 19.1.